The van der Waals surface area contributed by atoms with Crippen LogP contribution in [0.1, 0.15) is 58.4 Å². The monoisotopic (exact) mass is 1180 g/mol. The van der Waals surface area contributed by atoms with Crippen LogP contribution in [0.4, 0.5) is 68.2 Å². The van der Waals surface area contributed by atoms with Gasteiger partial charge in [-0.05, 0) is 244 Å². The molecule has 0 saturated carbocycles. The molecule has 92 heavy (non-hydrogen) atoms. The Balaban J connectivity index is 0.879. The molecule has 0 amide bonds. The van der Waals surface area contributed by atoms with Gasteiger partial charge >= 0.3 is 0 Å². The Labute approximate surface area is 540 Å². The van der Waals surface area contributed by atoms with E-state index in [0.717, 1.165) is 68.2 Å². The van der Waals surface area contributed by atoms with E-state index >= 15 is 0 Å². The highest BCUT2D eigenvalue weighted by Gasteiger charge is 2.49. The van der Waals surface area contributed by atoms with Gasteiger partial charge in [-0.15, -0.1) is 0 Å². The third kappa shape index (κ3) is 9.37. The molecule has 0 fully saturated rings. The number of benzene rings is 14. The highest BCUT2D eigenvalue weighted by Crippen LogP contribution is 2.62. The maximum Gasteiger partial charge on any atom is 0.0714 e. The number of aryl methyl sites for hydroxylation is 2. The molecule has 0 heterocycles. The summed E-state index contributed by atoms with van der Waals surface area (Å²) < 4.78 is 0. The van der Waals surface area contributed by atoms with E-state index in [1.54, 1.807) is 0 Å². The molecule has 440 valence electrons. The molecule has 0 N–H and O–H groups in total. The summed E-state index contributed by atoms with van der Waals surface area (Å²) in [5.74, 6) is 0. The molecule has 14 aromatic rings. The fraction of sp³-hybridized carbons (Fsp3) is 0.0682. The Morgan fingerprint density at radius 3 is 0.880 bits per heavy atom. The number of para-hydroxylation sites is 6. The Morgan fingerprint density at radius 1 is 0.228 bits per heavy atom. The van der Waals surface area contributed by atoms with E-state index in [9.17, 15) is 0 Å². The molecule has 0 aromatic heterocycles. The SMILES string of the molecule is Cc1ccc2c(c1)C(C)(C)c1cc3c(cc1-2)C(c1ccc(N(c2ccccc2)c2ccc(N(c4ccccc4)c4ccccc4)cc2)cc1)(c1ccc(N(c2ccccc2)c2ccc(N(c4ccccc4)c4ccccc4)cc2)cc1)c1cc(C)c2ccccc2c1-3. The van der Waals surface area contributed by atoms with E-state index in [1.165, 1.54) is 77.5 Å². The molecule has 16 rings (SSSR count). The predicted octanol–water partition coefficient (Wildman–Crippen LogP) is 24.0. The van der Waals surface area contributed by atoms with Gasteiger partial charge in [0, 0.05) is 73.7 Å². The van der Waals surface area contributed by atoms with Crippen molar-refractivity contribution in [1.82, 2.24) is 0 Å². The molecule has 0 unspecified atom stereocenters. The number of rotatable bonds is 14. The lowest BCUT2D eigenvalue weighted by Gasteiger charge is -2.36. The molecule has 0 atom stereocenters. The van der Waals surface area contributed by atoms with Crippen LogP contribution in [-0.2, 0) is 10.8 Å². The first-order valence-electron chi connectivity index (χ1n) is 32.0. The van der Waals surface area contributed by atoms with Crippen LogP contribution in [0.3, 0.4) is 0 Å². The quantitative estimate of drug-likeness (QED) is 0.108. The summed E-state index contributed by atoms with van der Waals surface area (Å²) in [6, 6.07) is 125. The number of hydrogen-bond acceptors (Lipinski definition) is 4. The normalized spacial score (nSPS) is 13.0. The van der Waals surface area contributed by atoms with Gasteiger partial charge < -0.3 is 19.6 Å². The first kappa shape index (κ1) is 55.8. The molecule has 4 nitrogen and oxygen atoms in total. The average Bonchev–Trinajstić information content (AvgIpc) is 1.51. The summed E-state index contributed by atoms with van der Waals surface area (Å²) in [5, 5.41) is 2.55. The lowest BCUT2D eigenvalue weighted by molar-refractivity contribution is 0.659. The van der Waals surface area contributed by atoms with Crippen LogP contribution >= 0.6 is 0 Å². The van der Waals surface area contributed by atoms with Gasteiger partial charge in [-0.3, -0.25) is 0 Å². The largest absolute Gasteiger partial charge is 0.311 e. The lowest BCUT2D eigenvalue weighted by atomic mass is 9.66. The van der Waals surface area contributed by atoms with Crippen molar-refractivity contribution in [2.45, 2.75) is 38.5 Å². The van der Waals surface area contributed by atoms with Crippen molar-refractivity contribution in [2.24, 2.45) is 0 Å². The Hall–Kier alpha value is -11.5. The van der Waals surface area contributed by atoms with E-state index < -0.39 is 5.41 Å². The number of nitrogens with zero attached hydrogens (tertiary/aromatic N) is 4. The summed E-state index contributed by atoms with van der Waals surface area (Å²) >= 11 is 0. The van der Waals surface area contributed by atoms with Crippen molar-refractivity contribution in [3.63, 3.8) is 0 Å². The number of anilines is 12. The molecule has 2 aliphatic carbocycles. The molecular formula is C88H68N4. The minimum absolute atomic E-state index is 0.206. The van der Waals surface area contributed by atoms with Crippen LogP contribution in [0.2, 0.25) is 0 Å². The van der Waals surface area contributed by atoms with E-state index in [2.05, 4.69) is 387 Å². The molecular weight excluding hydrogens is 1110 g/mol. The van der Waals surface area contributed by atoms with Crippen LogP contribution in [-0.4, -0.2) is 0 Å². The van der Waals surface area contributed by atoms with Crippen molar-refractivity contribution >= 4 is 79.0 Å². The number of hydrogen-bond donors (Lipinski definition) is 0. The summed E-state index contributed by atoms with van der Waals surface area (Å²) in [7, 11) is 0. The smallest absolute Gasteiger partial charge is 0.0714 e. The summed E-state index contributed by atoms with van der Waals surface area (Å²) in [6.45, 7) is 9.36. The minimum Gasteiger partial charge on any atom is -0.311 e. The summed E-state index contributed by atoms with van der Waals surface area (Å²) in [4.78, 5) is 9.41. The van der Waals surface area contributed by atoms with Crippen LogP contribution in [0.5, 0.6) is 0 Å². The summed E-state index contributed by atoms with van der Waals surface area (Å²) in [6.07, 6.45) is 0. The van der Waals surface area contributed by atoms with Crippen molar-refractivity contribution in [2.75, 3.05) is 19.6 Å². The van der Waals surface area contributed by atoms with Crippen molar-refractivity contribution < 1.29 is 0 Å². The predicted molar refractivity (Wildman–Crippen MR) is 387 cm³/mol. The first-order chi connectivity index (χ1) is 45.2. The van der Waals surface area contributed by atoms with E-state index in [-0.39, 0.29) is 5.41 Å². The van der Waals surface area contributed by atoms with Crippen LogP contribution in [0, 0.1) is 13.8 Å². The van der Waals surface area contributed by atoms with Crippen molar-refractivity contribution in [3.8, 4) is 22.3 Å². The van der Waals surface area contributed by atoms with Gasteiger partial charge in [0.1, 0.15) is 0 Å². The second-order valence-corrected chi connectivity index (χ2v) is 25.0. The van der Waals surface area contributed by atoms with Gasteiger partial charge in [-0.1, -0.05) is 201 Å². The van der Waals surface area contributed by atoms with Gasteiger partial charge in [-0.25, -0.2) is 0 Å². The van der Waals surface area contributed by atoms with E-state index in [4.69, 9.17) is 0 Å². The molecule has 0 bridgehead atoms. The molecule has 0 saturated heterocycles. The maximum absolute atomic E-state index is 2.59. The highest BCUT2D eigenvalue weighted by atomic mass is 15.2. The van der Waals surface area contributed by atoms with Crippen molar-refractivity contribution in [1.29, 1.82) is 0 Å². The second-order valence-electron chi connectivity index (χ2n) is 25.0. The molecule has 0 spiro atoms. The van der Waals surface area contributed by atoms with Gasteiger partial charge in [0.25, 0.3) is 0 Å². The molecule has 2 aliphatic rings. The Morgan fingerprint density at radius 2 is 0.522 bits per heavy atom. The number of fused-ring (bicyclic) bond motifs is 8. The fourth-order valence-corrected chi connectivity index (χ4v) is 15.0. The van der Waals surface area contributed by atoms with E-state index in [1.807, 2.05) is 0 Å². The Bertz CT molecular complexity index is 4680. The van der Waals surface area contributed by atoms with Crippen LogP contribution in [0.15, 0.2) is 340 Å². The molecule has 0 aliphatic heterocycles. The van der Waals surface area contributed by atoms with Gasteiger partial charge in [0.05, 0.1) is 5.41 Å². The van der Waals surface area contributed by atoms with Crippen LogP contribution < -0.4 is 19.6 Å². The fourth-order valence-electron chi connectivity index (χ4n) is 15.0. The minimum atomic E-state index is -0.752. The standard InChI is InChI=1S/C88H68N4/c1-61-39-56-78-80-59-84-81(60-83(80)87(3,4)82(78)57-61)86-79-38-24-23-37-77(79)62(2)58-85(86)88(84,63-40-44-71(45-41-63)91(69-33-19-9-20-34-69)75-52-48-73(49-53-75)89(65-25-11-5-12-26-65)66-27-13-6-14-28-66)64-42-46-72(47-43-64)92(70-35-21-10-22-36-70)76-54-50-74(51-55-76)90(67-29-15-7-16-30-67)68-31-17-8-18-32-68/h5-60H,1-4H3. The average molecular weight is 1180 g/mol. The van der Waals surface area contributed by atoms with Crippen LogP contribution in [0.25, 0.3) is 33.0 Å². The van der Waals surface area contributed by atoms with Crippen molar-refractivity contribution in [3.05, 3.63) is 384 Å². The van der Waals surface area contributed by atoms with Gasteiger partial charge in [0.2, 0.25) is 0 Å². The zero-order chi connectivity index (χ0) is 61.9. The molecule has 4 heteroatoms. The second kappa shape index (κ2) is 22.8. The molecule has 0 radical (unpaired) electrons. The zero-order valence-electron chi connectivity index (χ0n) is 52.1. The third-order valence-electron chi connectivity index (χ3n) is 19.2. The molecule has 14 aromatic carbocycles. The van der Waals surface area contributed by atoms with Gasteiger partial charge in [-0.2, -0.15) is 0 Å². The first-order valence-corrected chi connectivity index (χ1v) is 32.0. The zero-order valence-corrected chi connectivity index (χ0v) is 52.1. The van der Waals surface area contributed by atoms with E-state index in [0.29, 0.717) is 0 Å². The lowest BCUT2D eigenvalue weighted by Crippen LogP contribution is -2.29. The Kier molecular flexibility index (Phi) is 13.9. The topological polar surface area (TPSA) is 13.0 Å². The summed E-state index contributed by atoms with van der Waals surface area (Å²) in [5.41, 5.74) is 27.5. The third-order valence-corrected chi connectivity index (χ3v) is 19.2. The highest BCUT2D eigenvalue weighted by molar-refractivity contribution is 6.07. The van der Waals surface area contributed by atoms with Gasteiger partial charge in [0.15, 0.2) is 0 Å². The maximum atomic E-state index is 2.59.